The van der Waals surface area contributed by atoms with Gasteiger partial charge in [-0.2, -0.15) is 0 Å². The lowest BCUT2D eigenvalue weighted by Crippen LogP contribution is -2.10. The summed E-state index contributed by atoms with van der Waals surface area (Å²) in [6.45, 7) is 0. The molecule has 0 aromatic carbocycles. The second-order valence-corrected chi connectivity index (χ2v) is 2.92. The summed E-state index contributed by atoms with van der Waals surface area (Å²) in [5.41, 5.74) is 1.84. The van der Waals surface area contributed by atoms with Crippen LogP contribution in [0.1, 0.15) is 24.8 Å². The molecule has 1 aliphatic rings. The van der Waals surface area contributed by atoms with Crippen LogP contribution in [0.2, 0.25) is 0 Å². The number of H-pyrrole nitrogens is 1. The van der Waals surface area contributed by atoms with Gasteiger partial charge in [-0.25, -0.2) is 4.98 Å². The maximum atomic E-state index is 11.3. The minimum absolute atomic E-state index is 0.0295. The zero-order valence-corrected chi connectivity index (χ0v) is 6.71. The fourth-order valence-corrected chi connectivity index (χ4v) is 1.49. The molecule has 0 saturated carbocycles. The van der Waals surface area contributed by atoms with Gasteiger partial charge in [-0.3, -0.25) is 4.79 Å². The molecule has 0 radical (unpaired) electrons. The van der Waals surface area contributed by atoms with E-state index in [2.05, 4.69) is 16.0 Å². The number of allylic oxidation sites excluding steroid dienone is 2. The molecule has 3 nitrogen and oxygen atoms in total. The van der Waals surface area contributed by atoms with Gasteiger partial charge < -0.3 is 4.98 Å². The number of hydrogen-bond donors (Lipinski definition) is 1. The molecule has 1 heterocycles. The highest BCUT2D eigenvalue weighted by molar-refractivity contribution is 5.65. The Morgan fingerprint density at radius 1 is 1.50 bits per heavy atom. The average Bonchev–Trinajstić information content (AvgIpc) is 2.57. The van der Waals surface area contributed by atoms with E-state index >= 15 is 0 Å². The van der Waals surface area contributed by atoms with Gasteiger partial charge in [0.2, 0.25) is 0 Å². The Bertz CT molecular complexity index is 365. The van der Waals surface area contributed by atoms with Crippen molar-refractivity contribution in [1.29, 1.82) is 0 Å². The zero-order chi connectivity index (χ0) is 8.39. The van der Waals surface area contributed by atoms with Crippen molar-refractivity contribution in [1.82, 2.24) is 9.97 Å². The summed E-state index contributed by atoms with van der Waals surface area (Å²) in [7, 11) is 0. The van der Waals surface area contributed by atoms with Crippen LogP contribution in [0.3, 0.4) is 0 Å². The van der Waals surface area contributed by atoms with Crippen LogP contribution < -0.4 is 5.56 Å². The summed E-state index contributed by atoms with van der Waals surface area (Å²) in [5.74, 6) is 0. The molecule has 1 N–H and O–H groups in total. The first-order valence-corrected chi connectivity index (χ1v) is 4.10. The van der Waals surface area contributed by atoms with Crippen molar-refractivity contribution in [2.24, 2.45) is 0 Å². The Kier molecular flexibility index (Phi) is 1.78. The van der Waals surface area contributed by atoms with Crippen LogP contribution in [0.15, 0.2) is 23.4 Å². The average molecular weight is 162 g/mol. The lowest BCUT2D eigenvalue weighted by atomic mass is 10.1. The molecule has 1 aliphatic carbocycles. The molecule has 62 valence electrons. The Morgan fingerprint density at radius 3 is 3.08 bits per heavy atom. The van der Waals surface area contributed by atoms with Crippen LogP contribution in [0.4, 0.5) is 0 Å². The first-order chi connectivity index (χ1) is 5.88. The first kappa shape index (κ1) is 7.28. The summed E-state index contributed by atoms with van der Waals surface area (Å²) in [5, 5.41) is 0. The van der Waals surface area contributed by atoms with Gasteiger partial charge in [0, 0.05) is 6.20 Å². The molecule has 0 saturated heterocycles. The van der Waals surface area contributed by atoms with E-state index in [0.29, 0.717) is 0 Å². The monoisotopic (exact) mass is 162 g/mol. The van der Waals surface area contributed by atoms with E-state index in [1.165, 1.54) is 6.33 Å². The molecule has 0 aliphatic heterocycles. The van der Waals surface area contributed by atoms with Gasteiger partial charge in [-0.15, -0.1) is 0 Å². The Balaban J connectivity index is 2.46. The number of nitrogens with zero attached hydrogens (tertiary/aromatic N) is 1. The van der Waals surface area contributed by atoms with Gasteiger partial charge >= 0.3 is 0 Å². The van der Waals surface area contributed by atoms with Gasteiger partial charge in [0.25, 0.3) is 5.56 Å². The molecule has 0 atom stereocenters. The van der Waals surface area contributed by atoms with Crippen molar-refractivity contribution >= 4 is 5.57 Å². The zero-order valence-electron chi connectivity index (χ0n) is 6.71. The maximum absolute atomic E-state index is 11.3. The molecule has 0 unspecified atom stereocenters. The Labute approximate surface area is 70.2 Å². The van der Waals surface area contributed by atoms with E-state index in [4.69, 9.17) is 0 Å². The molecule has 3 heteroatoms. The lowest BCUT2D eigenvalue weighted by Gasteiger charge is -1.97. The van der Waals surface area contributed by atoms with Crippen LogP contribution in [-0.2, 0) is 0 Å². The molecule has 1 aromatic heterocycles. The van der Waals surface area contributed by atoms with Crippen LogP contribution >= 0.6 is 0 Å². The number of rotatable bonds is 1. The van der Waals surface area contributed by atoms with Crippen molar-refractivity contribution < 1.29 is 0 Å². The molecule has 1 aromatic rings. The Hall–Kier alpha value is -1.38. The smallest absolute Gasteiger partial charge is 0.258 e. The number of nitrogens with one attached hydrogen (secondary N) is 1. The van der Waals surface area contributed by atoms with Crippen molar-refractivity contribution in [3.05, 3.63) is 34.5 Å². The summed E-state index contributed by atoms with van der Waals surface area (Å²) < 4.78 is 0. The highest BCUT2D eigenvalue weighted by Gasteiger charge is 2.09. The van der Waals surface area contributed by atoms with Crippen molar-refractivity contribution in [3.63, 3.8) is 0 Å². The van der Waals surface area contributed by atoms with Gasteiger partial charge in [-0.1, -0.05) is 6.08 Å². The van der Waals surface area contributed by atoms with E-state index in [-0.39, 0.29) is 5.56 Å². The molecule has 0 amide bonds. The summed E-state index contributed by atoms with van der Waals surface area (Å²) in [4.78, 5) is 17.7. The van der Waals surface area contributed by atoms with Crippen molar-refractivity contribution in [3.8, 4) is 0 Å². The fraction of sp³-hybridized carbons (Fsp3) is 0.333. The quantitative estimate of drug-likeness (QED) is 0.677. The Morgan fingerprint density at radius 2 is 2.42 bits per heavy atom. The van der Waals surface area contributed by atoms with Gasteiger partial charge in [0.1, 0.15) is 0 Å². The summed E-state index contributed by atoms with van der Waals surface area (Å²) >= 11 is 0. The third kappa shape index (κ3) is 1.18. The topological polar surface area (TPSA) is 45.8 Å². The molecular formula is C9H10N2O. The van der Waals surface area contributed by atoms with E-state index in [1.807, 2.05) is 0 Å². The van der Waals surface area contributed by atoms with E-state index < -0.39 is 0 Å². The minimum atomic E-state index is -0.0295. The number of aromatic nitrogens is 2. The minimum Gasteiger partial charge on any atom is -0.313 e. The SMILES string of the molecule is O=c1[nH]cncc1C1=CCCC1. The predicted molar refractivity (Wildman–Crippen MR) is 46.7 cm³/mol. The second kappa shape index (κ2) is 2.93. The number of aromatic amines is 1. The molecule has 0 bridgehead atoms. The second-order valence-electron chi connectivity index (χ2n) is 2.92. The van der Waals surface area contributed by atoms with Crippen LogP contribution in [-0.4, -0.2) is 9.97 Å². The van der Waals surface area contributed by atoms with Gasteiger partial charge in [0.15, 0.2) is 0 Å². The van der Waals surface area contributed by atoms with Crippen LogP contribution in [0.5, 0.6) is 0 Å². The molecular weight excluding hydrogens is 152 g/mol. The fourth-order valence-electron chi connectivity index (χ4n) is 1.49. The molecule has 12 heavy (non-hydrogen) atoms. The standard InChI is InChI=1S/C9H10N2O/c12-9-8(5-10-6-11-9)7-3-1-2-4-7/h3,5-6H,1-2,4H2,(H,10,11,12). The van der Waals surface area contributed by atoms with Gasteiger partial charge in [-0.05, 0) is 24.8 Å². The van der Waals surface area contributed by atoms with Crippen LogP contribution in [0, 0.1) is 0 Å². The third-order valence-corrected chi connectivity index (χ3v) is 2.11. The third-order valence-electron chi connectivity index (χ3n) is 2.11. The first-order valence-electron chi connectivity index (χ1n) is 4.10. The molecule has 0 fully saturated rings. The van der Waals surface area contributed by atoms with Gasteiger partial charge in [0.05, 0.1) is 11.9 Å². The highest BCUT2D eigenvalue weighted by atomic mass is 16.1. The highest BCUT2D eigenvalue weighted by Crippen LogP contribution is 2.24. The maximum Gasteiger partial charge on any atom is 0.258 e. The van der Waals surface area contributed by atoms with E-state index in [1.54, 1.807) is 6.20 Å². The number of hydrogen-bond acceptors (Lipinski definition) is 2. The molecule has 0 spiro atoms. The predicted octanol–water partition coefficient (Wildman–Crippen LogP) is 1.34. The largest absolute Gasteiger partial charge is 0.313 e. The normalized spacial score (nSPS) is 16.2. The summed E-state index contributed by atoms with van der Waals surface area (Å²) in [6.07, 6.45) is 8.42. The van der Waals surface area contributed by atoms with Crippen molar-refractivity contribution in [2.45, 2.75) is 19.3 Å². The summed E-state index contributed by atoms with van der Waals surface area (Å²) in [6, 6.07) is 0. The van der Waals surface area contributed by atoms with E-state index in [0.717, 1.165) is 30.4 Å². The van der Waals surface area contributed by atoms with E-state index in [9.17, 15) is 4.79 Å². The van der Waals surface area contributed by atoms with Crippen LogP contribution in [0.25, 0.3) is 5.57 Å². The lowest BCUT2D eigenvalue weighted by molar-refractivity contribution is 0.932. The van der Waals surface area contributed by atoms with Crippen molar-refractivity contribution in [2.75, 3.05) is 0 Å². The molecule has 2 rings (SSSR count).